The molecule has 1 aromatic heterocycles. The molecular weight excluding hydrogens is 274 g/mol. The predicted molar refractivity (Wildman–Crippen MR) is 86.6 cm³/mol. The monoisotopic (exact) mass is 297 g/mol. The van der Waals surface area contributed by atoms with E-state index in [0.717, 1.165) is 43.0 Å². The molecule has 22 heavy (non-hydrogen) atoms. The fraction of sp³-hybridized carbons (Fsp3) is 0.444. The molecule has 0 saturated carbocycles. The minimum Gasteiger partial charge on any atom is -0.387 e. The van der Waals surface area contributed by atoms with Crippen molar-refractivity contribution in [2.45, 2.75) is 31.8 Å². The van der Waals surface area contributed by atoms with E-state index in [2.05, 4.69) is 14.9 Å². The van der Waals surface area contributed by atoms with Crippen LogP contribution in [0, 0.1) is 6.92 Å². The van der Waals surface area contributed by atoms with Gasteiger partial charge in [-0.05, 0) is 44.5 Å². The van der Waals surface area contributed by atoms with Gasteiger partial charge in [0.1, 0.15) is 5.82 Å². The number of aromatic nitrogens is 2. The number of likely N-dealkylation sites (tertiary alicyclic amines) is 1. The molecule has 1 N–H and O–H groups in total. The summed E-state index contributed by atoms with van der Waals surface area (Å²) in [6.45, 7) is 4.67. The third-order valence-corrected chi connectivity index (χ3v) is 4.42. The van der Waals surface area contributed by atoms with Crippen molar-refractivity contribution in [3.8, 4) is 0 Å². The van der Waals surface area contributed by atoms with Gasteiger partial charge in [0, 0.05) is 24.4 Å². The molecule has 1 aliphatic heterocycles. The van der Waals surface area contributed by atoms with Gasteiger partial charge in [-0.3, -0.25) is 0 Å². The van der Waals surface area contributed by atoms with Crippen LogP contribution in [0.5, 0.6) is 0 Å². The second-order valence-electron chi connectivity index (χ2n) is 6.03. The fourth-order valence-corrected chi connectivity index (χ4v) is 3.14. The molecule has 2 heterocycles. The van der Waals surface area contributed by atoms with Crippen LogP contribution < -0.4 is 0 Å². The highest BCUT2D eigenvalue weighted by molar-refractivity contribution is 5.17. The van der Waals surface area contributed by atoms with Gasteiger partial charge in [-0.2, -0.15) is 0 Å². The van der Waals surface area contributed by atoms with Gasteiger partial charge in [-0.15, -0.1) is 0 Å². The number of β-amino-alcohol motifs (C(OH)–C–C–N with tert-alkyl or cyclic N) is 1. The summed E-state index contributed by atoms with van der Waals surface area (Å²) in [7, 11) is 0. The zero-order valence-corrected chi connectivity index (χ0v) is 13.0. The van der Waals surface area contributed by atoms with Crippen LogP contribution in [0.3, 0.4) is 0 Å². The van der Waals surface area contributed by atoms with Crippen LogP contribution in [-0.4, -0.2) is 39.6 Å². The van der Waals surface area contributed by atoms with E-state index in [1.165, 1.54) is 0 Å². The Bertz CT molecular complexity index is 594. The molecule has 0 spiro atoms. The molecule has 3 rings (SSSR count). The molecule has 4 heteroatoms. The second-order valence-corrected chi connectivity index (χ2v) is 6.03. The van der Waals surface area contributed by atoms with Crippen molar-refractivity contribution >= 4 is 0 Å². The molecule has 1 fully saturated rings. The first kappa shape index (κ1) is 15.1. The number of piperidine rings is 1. The lowest BCUT2D eigenvalue weighted by atomic mass is 9.93. The van der Waals surface area contributed by atoms with E-state index in [-0.39, 0.29) is 0 Å². The lowest BCUT2D eigenvalue weighted by molar-refractivity contribution is 0.0969. The highest BCUT2D eigenvalue weighted by atomic mass is 16.3. The summed E-state index contributed by atoms with van der Waals surface area (Å²) < 4.78 is 0. The Labute approximate surface area is 131 Å². The molecule has 1 saturated heterocycles. The number of aliphatic hydroxyl groups excluding tert-OH is 1. The molecule has 1 aliphatic rings. The topological polar surface area (TPSA) is 49.2 Å². The van der Waals surface area contributed by atoms with Gasteiger partial charge < -0.3 is 10.0 Å². The molecule has 116 valence electrons. The Balaban J connectivity index is 1.54. The first-order valence-corrected chi connectivity index (χ1v) is 7.97. The molecule has 0 bridgehead atoms. The second kappa shape index (κ2) is 6.99. The number of benzene rings is 1. The minimum absolute atomic E-state index is 0.404. The first-order chi connectivity index (χ1) is 10.7. The zero-order valence-electron chi connectivity index (χ0n) is 13.0. The van der Waals surface area contributed by atoms with Crippen molar-refractivity contribution in [3.63, 3.8) is 0 Å². The Morgan fingerprint density at radius 3 is 2.59 bits per heavy atom. The summed E-state index contributed by atoms with van der Waals surface area (Å²) in [5, 5.41) is 10.3. The molecule has 0 aliphatic carbocycles. The van der Waals surface area contributed by atoms with Gasteiger partial charge in [0.2, 0.25) is 0 Å². The fourth-order valence-electron chi connectivity index (χ4n) is 3.14. The largest absolute Gasteiger partial charge is 0.387 e. The highest BCUT2D eigenvalue weighted by Crippen LogP contribution is 2.27. The number of hydrogen-bond donors (Lipinski definition) is 1. The minimum atomic E-state index is -0.404. The smallest absolute Gasteiger partial charge is 0.125 e. The predicted octanol–water partition coefficient (Wildman–Crippen LogP) is 2.70. The lowest BCUT2D eigenvalue weighted by Crippen LogP contribution is -2.36. The standard InChI is InChI=1S/C18H23N3O/c1-14-19-10-7-17(20-14)15-8-11-21(12-9-15)13-18(22)16-5-3-2-4-6-16/h2-7,10,15,18,22H,8-9,11-13H2,1H3/t18-/m1/s1. The maximum atomic E-state index is 10.3. The molecule has 4 nitrogen and oxygen atoms in total. The average molecular weight is 297 g/mol. The highest BCUT2D eigenvalue weighted by Gasteiger charge is 2.23. The SMILES string of the molecule is Cc1nccc(C2CCN(C[C@@H](O)c3ccccc3)CC2)n1. The number of hydrogen-bond acceptors (Lipinski definition) is 4. The van der Waals surface area contributed by atoms with Gasteiger partial charge in [0.25, 0.3) is 0 Å². The van der Waals surface area contributed by atoms with E-state index in [0.29, 0.717) is 12.5 Å². The molecular formula is C18H23N3O. The third kappa shape index (κ3) is 3.70. The normalized spacial score (nSPS) is 18.3. The van der Waals surface area contributed by atoms with Gasteiger partial charge in [0.15, 0.2) is 0 Å². The van der Waals surface area contributed by atoms with E-state index in [4.69, 9.17) is 0 Å². The molecule has 0 unspecified atom stereocenters. The van der Waals surface area contributed by atoms with Gasteiger partial charge in [0.05, 0.1) is 6.10 Å². The van der Waals surface area contributed by atoms with Crippen LogP contribution >= 0.6 is 0 Å². The van der Waals surface area contributed by atoms with Crippen LogP contribution in [0.4, 0.5) is 0 Å². The van der Waals surface area contributed by atoms with E-state index in [9.17, 15) is 5.11 Å². The number of aliphatic hydroxyl groups is 1. The van der Waals surface area contributed by atoms with E-state index < -0.39 is 6.10 Å². The Hall–Kier alpha value is -1.78. The third-order valence-electron chi connectivity index (χ3n) is 4.42. The van der Waals surface area contributed by atoms with Crippen LogP contribution in [0.25, 0.3) is 0 Å². The summed E-state index contributed by atoms with van der Waals surface area (Å²) in [6.07, 6.45) is 3.64. The Kier molecular flexibility index (Phi) is 4.80. The van der Waals surface area contributed by atoms with Crippen LogP contribution in [0.15, 0.2) is 42.6 Å². The van der Waals surface area contributed by atoms with Crippen LogP contribution in [0.1, 0.15) is 41.9 Å². The zero-order chi connectivity index (χ0) is 15.4. The lowest BCUT2D eigenvalue weighted by Gasteiger charge is -2.33. The van der Waals surface area contributed by atoms with Crippen molar-refractivity contribution in [1.29, 1.82) is 0 Å². The van der Waals surface area contributed by atoms with Crippen molar-refractivity contribution in [3.05, 3.63) is 59.7 Å². The molecule has 0 amide bonds. The van der Waals surface area contributed by atoms with Gasteiger partial charge in [-0.1, -0.05) is 30.3 Å². The van der Waals surface area contributed by atoms with Gasteiger partial charge >= 0.3 is 0 Å². The quantitative estimate of drug-likeness (QED) is 0.942. The number of rotatable bonds is 4. The summed E-state index contributed by atoms with van der Waals surface area (Å²) in [6, 6.07) is 11.9. The Morgan fingerprint density at radius 2 is 1.91 bits per heavy atom. The van der Waals surface area contributed by atoms with Gasteiger partial charge in [-0.25, -0.2) is 9.97 Å². The van der Waals surface area contributed by atoms with Crippen molar-refractivity contribution in [2.75, 3.05) is 19.6 Å². The summed E-state index contributed by atoms with van der Waals surface area (Å²) >= 11 is 0. The maximum absolute atomic E-state index is 10.3. The maximum Gasteiger partial charge on any atom is 0.125 e. The summed E-state index contributed by atoms with van der Waals surface area (Å²) in [5.74, 6) is 1.37. The van der Waals surface area contributed by atoms with E-state index in [1.807, 2.05) is 49.5 Å². The first-order valence-electron chi connectivity index (χ1n) is 7.97. The molecule has 0 radical (unpaired) electrons. The number of nitrogens with zero attached hydrogens (tertiary/aromatic N) is 3. The summed E-state index contributed by atoms with van der Waals surface area (Å²) in [4.78, 5) is 11.1. The number of aryl methyl sites for hydroxylation is 1. The van der Waals surface area contributed by atoms with Crippen molar-refractivity contribution < 1.29 is 5.11 Å². The van der Waals surface area contributed by atoms with E-state index in [1.54, 1.807) is 0 Å². The van der Waals surface area contributed by atoms with E-state index >= 15 is 0 Å². The van der Waals surface area contributed by atoms with Crippen LogP contribution in [0.2, 0.25) is 0 Å². The summed E-state index contributed by atoms with van der Waals surface area (Å²) in [5.41, 5.74) is 2.16. The molecule has 1 atom stereocenters. The molecule has 2 aromatic rings. The van der Waals surface area contributed by atoms with Crippen LogP contribution in [-0.2, 0) is 0 Å². The Morgan fingerprint density at radius 1 is 1.18 bits per heavy atom. The van der Waals surface area contributed by atoms with Crippen molar-refractivity contribution in [2.24, 2.45) is 0 Å². The molecule has 1 aromatic carbocycles. The van der Waals surface area contributed by atoms with Crippen molar-refractivity contribution in [1.82, 2.24) is 14.9 Å². The average Bonchev–Trinajstić information content (AvgIpc) is 2.56.